The van der Waals surface area contributed by atoms with Gasteiger partial charge in [-0.1, -0.05) is 12.8 Å². The van der Waals surface area contributed by atoms with Crippen LogP contribution in [-0.4, -0.2) is 59.4 Å². The van der Waals surface area contributed by atoms with Crippen molar-refractivity contribution in [3.8, 4) is 0 Å². The van der Waals surface area contributed by atoms with Crippen LogP contribution in [0.5, 0.6) is 0 Å². The van der Waals surface area contributed by atoms with Gasteiger partial charge in [-0.15, -0.1) is 0 Å². The summed E-state index contributed by atoms with van der Waals surface area (Å²) in [6, 6.07) is 2.03. The number of urea groups is 1. The maximum Gasteiger partial charge on any atom is 0.329 e. The maximum atomic E-state index is 11.2. The van der Waals surface area contributed by atoms with Gasteiger partial charge in [0.2, 0.25) is 6.08 Å². The average molecular weight is 384 g/mol. The van der Waals surface area contributed by atoms with Crippen molar-refractivity contribution in [2.75, 3.05) is 13.1 Å². The molecule has 0 bridgehead atoms. The monoisotopic (exact) mass is 383 g/mol. The minimum absolute atomic E-state index is 0.340. The summed E-state index contributed by atoms with van der Waals surface area (Å²) in [5.41, 5.74) is 5.35. The largest absolute Gasteiger partial charge is 0.350 e. The normalized spacial score (nSPS) is 27.8. The number of primary amides is 1. The first-order chi connectivity index (χ1) is 12.8. The highest BCUT2D eigenvalue weighted by molar-refractivity contribution is 5.71. The van der Waals surface area contributed by atoms with Crippen LogP contribution in [0.4, 0.5) is 4.79 Å². The second-order valence-corrected chi connectivity index (χ2v) is 7.53. The van der Waals surface area contributed by atoms with Gasteiger partial charge in [-0.3, -0.25) is 5.01 Å². The van der Waals surface area contributed by atoms with Gasteiger partial charge in [0.25, 0.3) is 0 Å². The fraction of sp³-hybridized carbons (Fsp3) is 0.900. The highest BCUT2D eigenvalue weighted by atomic mass is 16.2. The first-order valence-corrected chi connectivity index (χ1v) is 10.4. The molecule has 4 atom stereocenters. The molecule has 0 spiro atoms. The molecule has 2 rings (SSSR count). The van der Waals surface area contributed by atoms with E-state index < -0.39 is 0 Å². The third kappa shape index (κ3) is 10.5. The van der Waals surface area contributed by atoms with Gasteiger partial charge in [-0.25, -0.2) is 19.6 Å². The van der Waals surface area contributed by atoms with E-state index in [1.165, 1.54) is 31.8 Å². The van der Waals surface area contributed by atoms with Crippen LogP contribution in [0.2, 0.25) is 0 Å². The second kappa shape index (κ2) is 14.6. The molecule has 2 aliphatic rings. The highest BCUT2D eigenvalue weighted by Gasteiger charge is 2.30. The first kappa shape index (κ1) is 25.6. The minimum Gasteiger partial charge on any atom is -0.350 e. The van der Waals surface area contributed by atoms with Crippen LogP contribution < -0.4 is 11.1 Å². The summed E-state index contributed by atoms with van der Waals surface area (Å²) in [7, 11) is 0. The lowest BCUT2D eigenvalue weighted by Crippen LogP contribution is -2.57. The summed E-state index contributed by atoms with van der Waals surface area (Å²) in [4.78, 5) is 23.5. The van der Waals surface area contributed by atoms with Gasteiger partial charge in [0.1, 0.15) is 0 Å². The molecular formula is C20H41N5O2. The number of aliphatic imine (C=N–C) groups is 1. The van der Waals surface area contributed by atoms with Crippen molar-refractivity contribution in [3.05, 3.63) is 0 Å². The molecule has 0 saturated carbocycles. The number of hydrazine groups is 1. The number of carbonyl (C=O) groups is 1. The number of nitrogens with one attached hydrogen (secondary N) is 1. The van der Waals surface area contributed by atoms with Gasteiger partial charge in [0.05, 0.1) is 0 Å². The van der Waals surface area contributed by atoms with Gasteiger partial charge in [0.15, 0.2) is 0 Å². The number of hydrogen-bond acceptors (Lipinski definition) is 5. The van der Waals surface area contributed by atoms with Crippen LogP contribution in [0, 0.1) is 0 Å². The van der Waals surface area contributed by atoms with Crippen LogP contribution >= 0.6 is 0 Å². The zero-order valence-electron chi connectivity index (χ0n) is 18.2. The first-order valence-electron chi connectivity index (χ1n) is 10.4. The lowest BCUT2D eigenvalue weighted by Gasteiger charge is -2.44. The molecule has 2 heterocycles. The fourth-order valence-corrected chi connectivity index (χ4v) is 3.76. The van der Waals surface area contributed by atoms with E-state index in [2.05, 4.69) is 43.0 Å². The summed E-state index contributed by atoms with van der Waals surface area (Å²) in [6.07, 6.45) is 9.07. The molecule has 7 nitrogen and oxygen atoms in total. The number of nitrogens with two attached hydrogens (primary N) is 1. The number of nitrogens with zero attached hydrogens (tertiary/aromatic N) is 3. The van der Waals surface area contributed by atoms with E-state index in [1.54, 1.807) is 11.9 Å². The Morgan fingerprint density at radius 2 is 1.56 bits per heavy atom. The molecule has 0 aliphatic carbocycles. The number of hydrogen-bond donors (Lipinski definition) is 2. The van der Waals surface area contributed by atoms with Crippen LogP contribution in [0.1, 0.15) is 80.1 Å². The van der Waals surface area contributed by atoms with Crippen molar-refractivity contribution in [2.24, 2.45) is 10.7 Å². The molecule has 27 heavy (non-hydrogen) atoms. The molecule has 0 aromatic rings. The predicted octanol–water partition coefficient (Wildman–Crippen LogP) is 3.44. The van der Waals surface area contributed by atoms with Gasteiger partial charge in [-0.05, 0) is 67.2 Å². The lowest BCUT2D eigenvalue weighted by molar-refractivity contribution is -0.0655. The van der Waals surface area contributed by atoms with Crippen molar-refractivity contribution in [2.45, 2.75) is 104 Å². The predicted molar refractivity (Wildman–Crippen MR) is 111 cm³/mol. The smallest absolute Gasteiger partial charge is 0.329 e. The summed E-state index contributed by atoms with van der Waals surface area (Å²) in [5.74, 6) is 0. The number of carbonyl (C=O) groups excluding carboxylic acids is 2. The number of amides is 2. The molecule has 3 N–H and O–H groups in total. The quantitative estimate of drug-likeness (QED) is 0.577. The summed E-state index contributed by atoms with van der Waals surface area (Å²) in [5, 5.41) is 7.27. The molecule has 2 amide bonds. The van der Waals surface area contributed by atoms with Gasteiger partial charge in [0, 0.05) is 37.3 Å². The van der Waals surface area contributed by atoms with Crippen molar-refractivity contribution in [3.63, 3.8) is 0 Å². The Morgan fingerprint density at radius 3 is 1.81 bits per heavy atom. The summed E-state index contributed by atoms with van der Waals surface area (Å²) >= 11 is 0. The Labute approximate surface area is 165 Å². The van der Waals surface area contributed by atoms with E-state index >= 15 is 0 Å². The van der Waals surface area contributed by atoms with Crippen LogP contribution in [0.3, 0.4) is 0 Å². The zero-order chi connectivity index (χ0) is 20.8. The SMILES string of the molecule is CC1CCCC(C)N1.CCN(C(N)=O)N1C(C)CCCC1C.CCN=C=O. The van der Waals surface area contributed by atoms with E-state index in [0.717, 1.165) is 24.9 Å². The molecule has 2 fully saturated rings. The van der Waals surface area contributed by atoms with E-state index in [4.69, 9.17) is 10.5 Å². The summed E-state index contributed by atoms with van der Waals surface area (Å²) < 4.78 is 0. The van der Waals surface area contributed by atoms with E-state index in [0.29, 0.717) is 25.2 Å². The molecule has 0 radical (unpaired) electrons. The number of piperidine rings is 2. The van der Waals surface area contributed by atoms with Crippen molar-refractivity contribution < 1.29 is 9.59 Å². The van der Waals surface area contributed by atoms with Crippen LogP contribution in [0.25, 0.3) is 0 Å². The number of rotatable bonds is 3. The highest BCUT2D eigenvalue weighted by Crippen LogP contribution is 2.24. The third-order valence-corrected chi connectivity index (χ3v) is 5.05. The van der Waals surface area contributed by atoms with E-state index in [9.17, 15) is 4.79 Å². The fourth-order valence-electron chi connectivity index (χ4n) is 3.76. The Bertz CT molecular complexity index is 436. The Balaban J connectivity index is 0.000000437. The topological polar surface area (TPSA) is 91.0 Å². The van der Waals surface area contributed by atoms with E-state index in [-0.39, 0.29) is 6.03 Å². The molecular weight excluding hydrogens is 342 g/mol. The summed E-state index contributed by atoms with van der Waals surface area (Å²) in [6.45, 7) is 13.8. The lowest BCUT2D eigenvalue weighted by atomic mass is 9.99. The van der Waals surface area contributed by atoms with Crippen LogP contribution in [-0.2, 0) is 4.79 Å². The Kier molecular flexibility index (Phi) is 13.8. The third-order valence-electron chi connectivity index (χ3n) is 5.05. The molecule has 7 heteroatoms. The average Bonchev–Trinajstić information content (AvgIpc) is 2.59. The molecule has 2 aliphatic heterocycles. The zero-order valence-corrected chi connectivity index (χ0v) is 18.2. The van der Waals surface area contributed by atoms with Crippen molar-refractivity contribution in [1.82, 2.24) is 15.3 Å². The Morgan fingerprint density at radius 1 is 1.07 bits per heavy atom. The van der Waals surface area contributed by atoms with Crippen LogP contribution in [0.15, 0.2) is 4.99 Å². The second-order valence-electron chi connectivity index (χ2n) is 7.53. The molecule has 4 unspecified atom stereocenters. The Hall–Kier alpha value is -1.43. The number of isocyanates is 1. The molecule has 0 aromatic heterocycles. The molecule has 158 valence electrons. The van der Waals surface area contributed by atoms with Crippen molar-refractivity contribution >= 4 is 12.1 Å². The van der Waals surface area contributed by atoms with E-state index in [1.807, 2.05) is 6.92 Å². The van der Waals surface area contributed by atoms with Crippen molar-refractivity contribution in [1.29, 1.82) is 0 Å². The van der Waals surface area contributed by atoms with Gasteiger partial charge < -0.3 is 11.1 Å². The van der Waals surface area contributed by atoms with Gasteiger partial charge in [-0.2, -0.15) is 0 Å². The molecule has 0 aromatic carbocycles. The standard InChI is InChI=1S/C10H21N3O.C7H15N.C3H5NO/c1-4-12(10(11)14)13-8(2)6-5-7-9(13)3;1-6-4-3-5-7(2)8-6;1-2-4-3-5/h8-9H,4-7H2,1-3H3,(H2,11,14);6-8H,3-5H2,1-2H3;2H2,1H3. The molecule has 2 saturated heterocycles. The minimum atomic E-state index is -0.340. The maximum absolute atomic E-state index is 11.2. The van der Waals surface area contributed by atoms with Gasteiger partial charge >= 0.3 is 6.03 Å².